The Morgan fingerprint density at radius 2 is 2.08 bits per heavy atom. The number of nitrogens with zero attached hydrogens (tertiary/aromatic N) is 2. The minimum absolute atomic E-state index is 0.968. The van der Waals surface area contributed by atoms with Gasteiger partial charge in [0.25, 0.3) is 0 Å². The van der Waals surface area contributed by atoms with Gasteiger partial charge in [-0.25, -0.2) is 4.98 Å². The van der Waals surface area contributed by atoms with E-state index in [1.807, 2.05) is 25.2 Å². The normalized spacial score (nSPS) is 14.5. The number of rotatable bonds is 1. The summed E-state index contributed by atoms with van der Waals surface area (Å²) in [7, 11) is 4.02. The van der Waals surface area contributed by atoms with E-state index in [1.165, 1.54) is 11.1 Å². The van der Waals surface area contributed by atoms with Crippen molar-refractivity contribution in [1.82, 2.24) is 10.3 Å². The molecule has 1 aliphatic rings. The van der Waals surface area contributed by atoms with Crippen LogP contribution in [0.2, 0.25) is 0 Å². The zero-order valence-corrected chi connectivity index (χ0v) is 7.46. The summed E-state index contributed by atoms with van der Waals surface area (Å²) in [6, 6.07) is 2.15. The molecule has 64 valence electrons. The van der Waals surface area contributed by atoms with Gasteiger partial charge in [-0.05, 0) is 17.2 Å². The summed E-state index contributed by atoms with van der Waals surface area (Å²) in [5.41, 5.74) is 2.72. The van der Waals surface area contributed by atoms with Gasteiger partial charge in [0.05, 0.1) is 0 Å². The largest absolute Gasteiger partial charge is 0.363 e. The van der Waals surface area contributed by atoms with E-state index in [9.17, 15) is 0 Å². The molecule has 0 spiro atoms. The van der Waals surface area contributed by atoms with Gasteiger partial charge in [-0.1, -0.05) is 0 Å². The van der Waals surface area contributed by atoms with Crippen LogP contribution in [0.3, 0.4) is 0 Å². The molecular weight excluding hydrogens is 150 g/mol. The number of aromatic nitrogens is 1. The van der Waals surface area contributed by atoms with Gasteiger partial charge in [-0.3, -0.25) is 0 Å². The smallest absolute Gasteiger partial charge is 0.128 e. The average Bonchev–Trinajstić information content (AvgIpc) is 2.49. The quantitative estimate of drug-likeness (QED) is 0.662. The summed E-state index contributed by atoms with van der Waals surface area (Å²) in [6.07, 6.45) is 1.96. The molecule has 1 aromatic rings. The number of pyridine rings is 1. The first kappa shape index (κ1) is 7.55. The molecule has 2 heterocycles. The second-order valence-electron chi connectivity index (χ2n) is 3.31. The van der Waals surface area contributed by atoms with E-state index >= 15 is 0 Å². The Morgan fingerprint density at radius 1 is 1.33 bits per heavy atom. The Bertz CT molecular complexity index is 294. The molecule has 3 nitrogen and oxygen atoms in total. The molecule has 2 rings (SSSR count). The van der Waals surface area contributed by atoms with Crippen molar-refractivity contribution < 1.29 is 0 Å². The van der Waals surface area contributed by atoms with Crippen molar-refractivity contribution in [3.63, 3.8) is 0 Å². The molecule has 12 heavy (non-hydrogen) atoms. The van der Waals surface area contributed by atoms with Crippen LogP contribution in [-0.4, -0.2) is 19.1 Å². The molecular formula is C9H13N3. The second kappa shape index (κ2) is 2.75. The van der Waals surface area contributed by atoms with Crippen molar-refractivity contribution in [2.75, 3.05) is 19.0 Å². The minimum Gasteiger partial charge on any atom is -0.363 e. The van der Waals surface area contributed by atoms with Crippen molar-refractivity contribution in [3.8, 4) is 0 Å². The summed E-state index contributed by atoms with van der Waals surface area (Å²) in [6.45, 7) is 1.95. The summed E-state index contributed by atoms with van der Waals surface area (Å²) in [4.78, 5) is 6.36. The topological polar surface area (TPSA) is 28.2 Å². The Labute approximate surface area is 72.4 Å². The summed E-state index contributed by atoms with van der Waals surface area (Å²) < 4.78 is 0. The fourth-order valence-corrected chi connectivity index (χ4v) is 1.41. The highest BCUT2D eigenvalue weighted by molar-refractivity contribution is 5.43. The maximum Gasteiger partial charge on any atom is 0.128 e. The van der Waals surface area contributed by atoms with Crippen LogP contribution in [-0.2, 0) is 13.1 Å². The van der Waals surface area contributed by atoms with Crippen LogP contribution in [0.5, 0.6) is 0 Å². The highest BCUT2D eigenvalue weighted by Crippen LogP contribution is 2.18. The van der Waals surface area contributed by atoms with Gasteiger partial charge in [0.1, 0.15) is 5.82 Å². The van der Waals surface area contributed by atoms with Crippen LogP contribution in [0.1, 0.15) is 11.1 Å². The van der Waals surface area contributed by atoms with Crippen molar-refractivity contribution in [1.29, 1.82) is 0 Å². The van der Waals surface area contributed by atoms with E-state index in [2.05, 4.69) is 16.4 Å². The molecule has 0 amide bonds. The molecule has 0 saturated carbocycles. The molecule has 0 atom stereocenters. The van der Waals surface area contributed by atoms with E-state index in [0.29, 0.717) is 0 Å². The lowest BCUT2D eigenvalue weighted by Crippen LogP contribution is -2.10. The van der Waals surface area contributed by atoms with Crippen molar-refractivity contribution in [2.45, 2.75) is 13.1 Å². The summed E-state index contributed by atoms with van der Waals surface area (Å²) in [5, 5.41) is 3.30. The lowest BCUT2D eigenvalue weighted by atomic mass is 10.2. The Balaban J connectivity index is 2.39. The molecule has 3 heteroatoms. The zero-order valence-electron chi connectivity index (χ0n) is 7.46. The zero-order chi connectivity index (χ0) is 8.55. The maximum atomic E-state index is 4.34. The third-order valence-electron chi connectivity index (χ3n) is 2.16. The Kier molecular flexibility index (Phi) is 1.73. The first-order chi connectivity index (χ1) is 5.77. The Hall–Kier alpha value is -1.09. The molecule has 0 bridgehead atoms. The number of anilines is 1. The van der Waals surface area contributed by atoms with Crippen LogP contribution in [0.15, 0.2) is 12.3 Å². The highest BCUT2D eigenvalue weighted by Gasteiger charge is 2.11. The molecule has 1 aromatic heterocycles. The number of nitrogens with one attached hydrogen (secondary N) is 1. The van der Waals surface area contributed by atoms with Gasteiger partial charge in [-0.15, -0.1) is 0 Å². The number of hydrogen-bond donors (Lipinski definition) is 1. The maximum absolute atomic E-state index is 4.34. The van der Waals surface area contributed by atoms with Crippen molar-refractivity contribution >= 4 is 5.82 Å². The van der Waals surface area contributed by atoms with Crippen LogP contribution in [0, 0.1) is 0 Å². The summed E-state index contributed by atoms with van der Waals surface area (Å²) in [5.74, 6) is 1.04. The predicted octanol–water partition coefficient (Wildman–Crippen LogP) is 0.751. The van der Waals surface area contributed by atoms with Crippen LogP contribution >= 0.6 is 0 Å². The molecule has 0 radical (unpaired) electrons. The van der Waals surface area contributed by atoms with E-state index in [0.717, 1.165) is 18.9 Å². The lowest BCUT2D eigenvalue weighted by molar-refractivity contribution is 0.764. The lowest BCUT2D eigenvalue weighted by Gasteiger charge is -2.11. The monoisotopic (exact) mass is 163 g/mol. The molecule has 0 unspecified atom stereocenters. The molecule has 0 aromatic carbocycles. The van der Waals surface area contributed by atoms with Gasteiger partial charge in [0.2, 0.25) is 0 Å². The SMILES string of the molecule is CN(C)c1cc2c(cn1)CNC2. The fraction of sp³-hybridized carbons (Fsp3) is 0.444. The Morgan fingerprint density at radius 3 is 2.83 bits per heavy atom. The molecule has 1 N–H and O–H groups in total. The van der Waals surface area contributed by atoms with Crippen molar-refractivity contribution in [2.24, 2.45) is 0 Å². The average molecular weight is 163 g/mol. The van der Waals surface area contributed by atoms with Gasteiger partial charge in [-0.2, -0.15) is 0 Å². The van der Waals surface area contributed by atoms with Gasteiger partial charge in [0, 0.05) is 33.4 Å². The summed E-state index contributed by atoms with van der Waals surface area (Å²) >= 11 is 0. The van der Waals surface area contributed by atoms with Crippen LogP contribution in [0.25, 0.3) is 0 Å². The predicted molar refractivity (Wildman–Crippen MR) is 49.1 cm³/mol. The van der Waals surface area contributed by atoms with E-state index in [4.69, 9.17) is 0 Å². The van der Waals surface area contributed by atoms with E-state index < -0.39 is 0 Å². The number of hydrogen-bond acceptors (Lipinski definition) is 3. The van der Waals surface area contributed by atoms with Crippen LogP contribution < -0.4 is 10.2 Å². The minimum atomic E-state index is 0.968. The second-order valence-corrected chi connectivity index (χ2v) is 3.31. The standard InChI is InChI=1S/C9H13N3/c1-12(2)9-3-7-4-10-5-8(7)6-11-9/h3,6,10H,4-5H2,1-2H3. The molecule has 1 aliphatic heterocycles. The molecule has 0 aliphatic carbocycles. The van der Waals surface area contributed by atoms with Gasteiger partial charge >= 0.3 is 0 Å². The molecule has 0 fully saturated rings. The third-order valence-corrected chi connectivity index (χ3v) is 2.16. The van der Waals surface area contributed by atoms with E-state index in [1.54, 1.807) is 0 Å². The third kappa shape index (κ3) is 1.16. The molecule has 0 saturated heterocycles. The van der Waals surface area contributed by atoms with Crippen molar-refractivity contribution in [3.05, 3.63) is 23.4 Å². The van der Waals surface area contributed by atoms with E-state index in [-0.39, 0.29) is 0 Å². The van der Waals surface area contributed by atoms with Gasteiger partial charge in [0.15, 0.2) is 0 Å². The fourth-order valence-electron chi connectivity index (χ4n) is 1.41. The van der Waals surface area contributed by atoms with Crippen LogP contribution in [0.4, 0.5) is 5.82 Å². The first-order valence-electron chi connectivity index (χ1n) is 4.13. The van der Waals surface area contributed by atoms with Gasteiger partial charge < -0.3 is 10.2 Å². The number of fused-ring (bicyclic) bond motifs is 1. The first-order valence-corrected chi connectivity index (χ1v) is 4.13. The highest BCUT2D eigenvalue weighted by atomic mass is 15.1.